The molecule has 1 aliphatic rings. The molecular formula is C19H22N6O4. The van der Waals surface area contributed by atoms with Crippen LogP contribution in [0.15, 0.2) is 36.9 Å². The molecular weight excluding hydrogens is 376 g/mol. The van der Waals surface area contributed by atoms with Crippen LogP contribution in [0.25, 0.3) is 11.2 Å². The van der Waals surface area contributed by atoms with Crippen LogP contribution in [0.1, 0.15) is 17.4 Å². The zero-order chi connectivity index (χ0) is 20.5. The summed E-state index contributed by atoms with van der Waals surface area (Å²) < 4.78 is 7.10. The number of rotatable bonds is 5. The van der Waals surface area contributed by atoms with E-state index in [-0.39, 0.29) is 0 Å². The Labute approximate surface area is 166 Å². The van der Waals surface area contributed by atoms with Crippen LogP contribution in [0.3, 0.4) is 0 Å². The van der Waals surface area contributed by atoms with Gasteiger partial charge in [-0.25, -0.2) is 15.0 Å². The molecule has 0 bridgehead atoms. The lowest BCUT2D eigenvalue weighted by molar-refractivity contribution is -0.137. The van der Waals surface area contributed by atoms with Gasteiger partial charge in [-0.3, -0.25) is 9.36 Å². The highest BCUT2D eigenvalue weighted by atomic mass is 16.6. The number of nitrogens with zero attached hydrogens (tertiary/aromatic N) is 4. The van der Waals surface area contributed by atoms with Crippen LogP contribution in [0.2, 0.25) is 0 Å². The van der Waals surface area contributed by atoms with Crippen molar-refractivity contribution in [3.05, 3.63) is 48.0 Å². The maximum atomic E-state index is 11.9. The van der Waals surface area contributed by atoms with Gasteiger partial charge in [0.2, 0.25) is 0 Å². The third kappa shape index (κ3) is 3.53. The van der Waals surface area contributed by atoms with Crippen molar-refractivity contribution in [1.29, 1.82) is 0 Å². The van der Waals surface area contributed by atoms with E-state index in [4.69, 9.17) is 4.74 Å². The van der Waals surface area contributed by atoms with E-state index in [0.29, 0.717) is 23.5 Å². The summed E-state index contributed by atoms with van der Waals surface area (Å²) in [6.07, 6.45) is -2.03. The molecule has 1 aromatic carbocycles. The number of aliphatic hydroxyl groups excluding tert-OH is 2. The number of nitrogens with one attached hydrogen (secondary N) is 2. The molecule has 4 rings (SSSR count). The Hall–Kier alpha value is -3.08. The Morgan fingerprint density at radius 3 is 2.83 bits per heavy atom. The summed E-state index contributed by atoms with van der Waals surface area (Å²) in [6, 6.07) is 8.11. The van der Waals surface area contributed by atoms with Crippen molar-refractivity contribution in [1.82, 2.24) is 24.8 Å². The van der Waals surface area contributed by atoms with E-state index in [1.807, 2.05) is 25.1 Å². The van der Waals surface area contributed by atoms with Gasteiger partial charge < -0.3 is 25.6 Å². The van der Waals surface area contributed by atoms with Gasteiger partial charge in [0, 0.05) is 13.6 Å². The molecule has 2 aromatic heterocycles. The van der Waals surface area contributed by atoms with Gasteiger partial charge >= 0.3 is 0 Å². The highest BCUT2D eigenvalue weighted by Gasteiger charge is 2.47. The first-order valence-electron chi connectivity index (χ1n) is 9.19. The molecule has 4 N–H and O–H groups in total. The molecule has 0 spiro atoms. The third-order valence-corrected chi connectivity index (χ3v) is 4.92. The molecule has 1 unspecified atom stereocenters. The number of hydrogen-bond donors (Lipinski definition) is 4. The molecule has 3 heterocycles. The first-order valence-corrected chi connectivity index (χ1v) is 9.19. The number of benzene rings is 1. The van der Waals surface area contributed by atoms with Crippen LogP contribution in [0, 0.1) is 6.92 Å². The third-order valence-electron chi connectivity index (χ3n) is 4.92. The highest BCUT2D eigenvalue weighted by Crippen LogP contribution is 2.32. The predicted octanol–water partition coefficient (Wildman–Crippen LogP) is 0.112. The minimum absolute atomic E-state index is 0.417. The lowest BCUT2D eigenvalue weighted by Crippen LogP contribution is -2.41. The molecule has 29 heavy (non-hydrogen) atoms. The maximum Gasteiger partial charge on any atom is 0.251 e. The maximum absolute atomic E-state index is 11.9. The average molecular weight is 398 g/mol. The Morgan fingerprint density at radius 2 is 2.07 bits per heavy atom. The summed E-state index contributed by atoms with van der Waals surface area (Å²) in [5, 5.41) is 26.2. The second-order valence-corrected chi connectivity index (χ2v) is 6.93. The van der Waals surface area contributed by atoms with Gasteiger partial charge in [-0.05, 0) is 12.5 Å². The minimum atomic E-state index is -1.36. The number of carbonyl (C=O) groups excluding carboxylic acids is 1. The summed E-state index contributed by atoms with van der Waals surface area (Å²) in [6.45, 7) is 2.59. The van der Waals surface area contributed by atoms with Crippen LogP contribution < -0.4 is 10.6 Å². The summed E-state index contributed by atoms with van der Waals surface area (Å²) >= 11 is 0. The van der Waals surface area contributed by atoms with Gasteiger partial charge in [-0.2, -0.15) is 0 Å². The molecule has 10 heteroatoms. The monoisotopic (exact) mass is 398 g/mol. The quantitative estimate of drug-likeness (QED) is 0.476. The number of aromatic nitrogens is 4. The van der Waals surface area contributed by atoms with Crippen molar-refractivity contribution >= 4 is 22.9 Å². The van der Waals surface area contributed by atoms with Crippen LogP contribution in [0.4, 0.5) is 5.82 Å². The molecule has 1 saturated heterocycles. The molecule has 0 saturated carbocycles. The standard InChI is InChI=1S/C19H22N6O4/c1-10-4-3-5-11(6-10)7-21-16-12-17(23-8-22-16)25(9-24-12)19-14(27)13(26)15(29-19)18(28)20-2/h3-6,8-9,13-15,19,26-27H,7H2,1-2H3,(H,20,28)(H,21,22,23)/t13-,14?,15+,19-/m1/s1. The molecule has 4 atom stereocenters. The van der Waals surface area contributed by atoms with Gasteiger partial charge in [0.05, 0.1) is 6.33 Å². The molecule has 3 aromatic rings. The topological polar surface area (TPSA) is 134 Å². The van der Waals surface area contributed by atoms with E-state index in [2.05, 4.69) is 31.7 Å². The first-order chi connectivity index (χ1) is 14.0. The number of imidazole rings is 1. The average Bonchev–Trinajstić information content (AvgIpc) is 3.28. The molecule has 10 nitrogen and oxygen atoms in total. The number of fused-ring (bicyclic) bond motifs is 1. The Bertz CT molecular complexity index is 1040. The SMILES string of the molecule is CNC(=O)[C@H]1O[C@@H](n2cnc3c(NCc4cccc(C)c4)ncnc32)C(O)[C@H]1O. The van der Waals surface area contributed by atoms with Crippen molar-refractivity contribution in [2.75, 3.05) is 12.4 Å². The lowest BCUT2D eigenvalue weighted by atomic mass is 10.1. The van der Waals surface area contributed by atoms with E-state index in [0.717, 1.165) is 11.1 Å². The number of ether oxygens (including phenoxy) is 1. The van der Waals surface area contributed by atoms with Gasteiger partial charge in [-0.1, -0.05) is 29.8 Å². The van der Waals surface area contributed by atoms with Crippen molar-refractivity contribution in [2.45, 2.75) is 38.0 Å². The summed E-state index contributed by atoms with van der Waals surface area (Å²) in [7, 11) is 1.43. The van der Waals surface area contributed by atoms with Crippen molar-refractivity contribution < 1.29 is 19.7 Å². The Balaban J connectivity index is 1.60. The summed E-state index contributed by atoms with van der Waals surface area (Å²) in [5.74, 6) is 0.0183. The van der Waals surface area contributed by atoms with Crippen molar-refractivity contribution in [2.24, 2.45) is 0 Å². The Morgan fingerprint density at radius 1 is 1.24 bits per heavy atom. The fourth-order valence-corrected chi connectivity index (χ4v) is 3.42. The van der Waals surface area contributed by atoms with E-state index in [9.17, 15) is 15.0 Å². The smallest absolute Gasteiger partial charge is 0.251 e. The van der Waals surface area contributed by atoms with Crippen LogP contribution in [0.5, 0.6) is 0 Å². The van der Waals surface area contributed by atoms with Gasteiger partial charge in [0.15, 0.2) is 29.3 Å². The summed E-state index contributed by atoms with van der Waals surface area (Å²) in [4.78, 5) is 24.7. The number of carbonyl (C=O) groups is 1. The van der Waals surface area contributed by atoms with Crippen LogP contribution in [-0.2, 0) is 16.1 Å². The number of aryl methyl sites for hydroxylation is 1. The molecule has 1 amide bonds. The van der Waals surface area contributed by atoms with Crippen molar-refractivity contribution in [3.63, 3.8) is 0 Å². The zero-order valence-corrected chi connectivity index (χ0v) is 16.0. The van der Waals surface area contributed by atoms with Crippen LogP contribution in [-0.4, -0.2) is 61.0 Å². The Kier molecular flexibility index (Phi) is 5.14. The van der Waals surface area contributed by atoms with Gasteiger partial charge in [0.1, 0.15) is 18.5 Å². The number of anilines is 1. The minimum Gasteiger partial charge on any atom is -0.387 e. The van der Waals surface area contributed by atoms with Gasteiger partial charge in [-0.15, -0.1) is 0 Å². The predicted molar refractivity (Wildman–Crippen MR) is 104 cm³/mol. The van der Waals surface area contributed by atoms with Crippen molar-refractivity contribution in [3.8, 4) is 0 Å². The second-order valence-electron chi connectivity index (χ2n) is 6.93. The second kappa shape index (κ2) is 7.74. The van der Waals surface area contributed by atoms with E-state index >= 15 is 0 Å². The van der Waals surface area contributed by atoms with E-state index in [1.165, 1.54) is 24.3 Å². The van der Waals surface area contributed by atoms with Gasteiger partial charge in [0.25, 0.3) is 5.91 Å². The highest BCUT2D eigenvalue weighted by molar-refractivity contribution is 5.83. The first kappa shape index (κ1) is 19.2. The number of likely N-dealkylation sites (N-methyl/N-ethyl adjacent to an activating group) is 1. The number of hydrogen-bond acceptors (Lipinski definition) is 8. The fourth-order valence-electron chi connectivity index (χ4n) is 3.42. The molecule has 1 aliphatic heterocycles. The lowest BCUT2D eigenvalue weighted by Gasteiger charge is -2.16. The molecule has 1 fully saturated rings. The van der Waals surface area contributed by atoms with E-state index < -0.39 is 30.4 Å². The zero-order valence-electron chi connectivity index (χ0n) is 16.0. The molecule has 152 valence electrons. The number of aliphatic hydroxyl groups is 2. The largest absolute Gasteiger partial charge is 0.387 e. The molecule has 0 radical (unpaired) electrons. The number of amides is 1. The molecule has 0 aliphatic carbocycles. The summed E-state index contributed by atoms with van der Waals surface area (Å²) in [5.41, 5.74) is 3.18. The fraction of sp³-hybridized carbons (Fsp3) is 0.368. The van der Waals surface area contributed by atoms with E-state index in [1.54, 1.807) is 0 Å². The van der Waals surface area contributed by atoms with Crippen LogP contribution >= 0.6 is 0 Å². The normalized spacial score (nSPS) is 24.0.